The van der Waals surface area contributed by atoms with Crippen molar-refractivity contribution in [2.45, 2.75) is 25.8 Å². The highest BCUT2D eigenvalue weighted by molar-refractivity contribution is 6.42. The molecule has 1 aromatic carbocycles. The minimum atomic E-state index is -0.294. The summed E-state index contributed by atoms with van der Waals surface area (Å²) in [4.78, 5) is 11.7. The quantitative estimate of drug-likeness (QED) is 0.779. The van der Waals surface area contributed by atoms with Crippen LogP contribution in [0.15, 0.2) is 18.2 Å². The summed E-state index contributed by atoms with van der Waals surface area (Å²) in [6, 6.07) is 4.60. The van der Waals surface area contributed by atoms with E-state index in [-0.39, 0.29) is 12.1 Å². The Kier molecular flexibility index (Phi) is 6.25. The van der Waals surface area contributed by atoms with Gasteiger partial charge in [0.15, 0.2) is 0 Å². The van der Waals surface area contributed by atoms with Crippen molar-refractivity contribution in [2.24, 2.45) is 5.73 Å². The molecule has 0 radical (unpaired) electrons. The Hall–Kier alpha value is -0.970. The molecular formula is C12H17Cl2N3O. The van der Waals surface area contributed by atoms with E-state index in [1.807, 2.05) is 6.92 Å². The summed E-state index contributed by atoms with van der Waals surface area (Å²) in [6.45, 7) is 2.46. The van der Waals surface area contributed by atoms with Crippen molar-refractivity contribution in [3.8, 4) is 0 Å². The van der Waals surface area contributed by atoms with Gasteiger partial charge >= 0.3 is 6.03 Å². The van der Waals surface area contributed by atoms with E-state index >= 15 is 0 Å². The number of anilines is 1. The van der Waals surface area contributed by atoms with Crippen LogP contribution in [0.1, 0.15) is 19.8 Å². The number of rotatable bonds is 5. The zero-order valence-electron chi connectivity index (χ0n) is 10.2. The molecule has 1 aromatic rings. The lowest BCUT2D eigenvalue weighted by molar-refractivity contribution is 0.248. The van der Waals surface area contributed by atoms with Crippen LogP contribution >= 0.6 is 23.2 Å². The van der Waals surface area contributed by atoms with Gasteiger partial charge in [-0.25, -0.2) is 4.79 Å². The molecule has 1 atom stereocenters. The second kappa shape index (κ2) is 7.46. The third kappa shape index (κ3) is 4.72. The zero-order chi connectivity index (χ0) is 13.5. The first-order valence-electron chi connectivity index (χ1n) is 5.79. The van der Waals surface area contributed by atoms with E-state index in [2.05, 4.69) is 10.6 Å². The summed E-state index contributed by atoms with van der Waals surface area (Å²) in [5.74, 6) is 0. The van der Waals surface area contributed by atoms with E-state index in [1.165, 1.54) is 0 Å². The van der Waals surface area contributed by atoms with Gasteiger partial charge in [0.2, 0.25) is 0 Å². The van der Waals surface area contributed by atoms with Gasteiger partial charge in [-0.05, 0) is 24.6 Å². The number of hydrogen-bond donors (Lipinski definition) is 3. The first-order chi connectivity index (χ1) is 8.56. The molecule has 1 unspecified atom stereocenters. The molecule has 4 nitrogen and oxygen atoms in total. The van der Waals surface area contributed by atoms with E-state index < -0.39 is 0 Å². The lowest BCUT2D eigenvalue weighted by atomic mass is 10.2. The normalized spacial score (nSPS) is 12.0. The number of amides is 2. The lowest BCUT2D eigenvalue weighted by Gasteiger charge is -2.16. The van der Waals surface area contributed by atoms with E-state index in [0.29, 0.717) is 22.3 Å². The summed E-state index contributed by atoms with van der Waals surface area (Å²) in [5.41, 5.74) is 6.16. The molecule has 2 amide bonds. The smallest absolute Gasteiger partial charge is 0.319 e. The highest BCUT2D eigenvalue weighted by Gasteiger charge is 2.10. The van der Waals surface area contributed by atoms with Gasteiger partial charge < -0.3 is 16.4 Å². The zero-order valence-corrected chi connectivity index (χ0v) is 11.7. The Labute approximate surface area is 117 Å². The largest absolute Gasteiger partial charge is 0.334 e. The maximum atomic E-state index is 11.7. The summed E-state index contributed by atoms with van der Waals surface area (Å²) >= 11 is 11.6. The molecular weight excluding hydrogens is 273 g/mol. The van der Waals surface area contributed by atoms with Crippen LogP contribution < -0.4 is 16.4 Å². The molecule has 0 saturated carbocycles. The predicted molar refractivity (Wildman–Crippen MR) is 76.4 cm³/mol. The van der Waals surface area contributed by atoms with Crippen LogP contribution in [0.4, 0.5) is 10.5 Å². The molecule has 100 valence electrons. The first kappa shape index (κ1) is 15.1. The third-order valence-corrected chi connectivity index (χ3v) is 3.17. The Bertz CT molecular complexity index is 412. The maximum Gasteiger partial charge on any atom is 0.319 e. The minimum Gasteiger partial charge on any atom is -0.334 e. The molecule has 0 heterocycles. The Morgan fingerprint density at radius 1 is 1.39 bits per heavy atom. The lowest BCUT2D eigenvalue weighted by Crippen LogP contribution is -2.42. The number of carbonyl (C=O) groups is 1. The van der Waals surface area contributed by atoms with Crippen LogP contribution in [0.3, 0.4) is 0 Å². The number of nitrogens with one attached hydrogen (secondary N) is 2. The fraction of sp³-hybridized carbons (Fsp3) is 0.417. The average molecular weight is 290 g/mol. The highest BCUT2D eigenvalue weighted by atomic mass is 35.5. The van der Waals surface area contributed by atoms with E-state index in [1.54, 1.807) is 18.2 Å². The number of hydrogen-bond acceptors (Lipinski definition) is 2. The molecule has 6 heteroatoms. The molecule has 0 aliphatic heterocycles. The number of benzene rings is 1. The third-order valence-electron chi connectivity index (χ3n) is 2.43. The predicted octanol–water partition coefficient (Wildman–Crippen LogP) is 3.24. The Morgan fingerprint density at radius 2 is 2.11 bits per heavy atom. The number of carbonyl (C=O) groups excluding carboxylic acids is 1. The van der Waals surface area contributed by atoms with Crippen LogP contribution in [-0.4, -0.2) is 18.6 Å². The summed E-state index contributed by atoms with van der Waals surface area (Å²) < 4.78 is 0. The van der Waals surface area contributed by atoms with Crippen LogP contribution in [-0.2, 0) is 0 Å². The fourth-order valence-corrected chi connectivity index (χ4v) is 1.82. The SMILES string of the molecule is CCCC(CN)NC(=O)Nc1ccc(Cl)c(Cl)c1. The van der Waals surface area contributed by atoms with Gasteiger partial charge in [-0.15, -0.1) is 0 Å². The first-order valence-corrected chi connectivity index (χ1v) is 6.55. The van der Waals surface area contributed by atoms with E-state index in [9.17, 15) is 4.79 Å². The topological polar surface area (TPSA) is 67.1 Å². The minimum absolute atomic E-state index is 0.0160. The van der Waals surface area contributed by atoms with Crippen molar-refractivity contribution in [1.82, 2.24) is 5.32 Å². The summed E-state index contributed by atoms with van der Waals surface area (Å²) in [6.07, 6.45) is 1.82. The van der Waals surface area contributed by atoms with Crippen molar-refractivity contribution >= 4 is 34.9 Å². The van der Waals surface area contributed by atoms with Crippen LogP contribution in [0.5, 0.6) is 0 Å². The van der Waals surface area contributed by atoms with Gasteiger partial charge in [-0.2, -0.15) is 0 Å². The van der Waals surface area contributed by atoms with Crippen molar-refractivity contribution in [3.63, 3.8) is 0 Å². The number of nitrogens with two attached hydrogens (primary N) is 1. The van der Waals surface area contributed by atoms with Crippen molar-refractivity contribution in [1.29, 1.82) is 0 Å². The van der Waals surface area contributed by atoms with E-state index in [4.69, 9.17) is 28.9 Å². The van der Waals surface area contributed by atoms with Crippen LogP contribution in [0.2, 0.25) is 10.0 Å². The van der Waals surface area contributed by atoms with Crippen molar-refractivity contribution in [2.75, 3.05) is 11.9 Å². The Morgan fingerprint density at radius 3 is 2.67 bits per heavy atom. The molecule has 0 aromatic heterocycles. The van der Waals surface area contributed by atoms with Crippen LogP contribution in [0.25, 0.3) is 0 Å². The van der Waals surface area contributed by atoms with Gasteiger partial charge in [-0.3, -0.25) is 0 Å². The maximum absolute atomic E-state index is 11.7. The van der Waals surface area contributed by atoms with Gasteiger partial charge in [0.25, 0.3) is 0 Å². The molecule has 0 spiro atoms. The summed E-state index contributed by atoms with van der Waals surface area (Å²) in [5, 5.41) is 6.34. The number of halogens is 2. The monoisotopic (exact) mass is 289 g/mol. The molecule has 0 aliphatic rings. The molecule has 18 heavy (non-hydrogen) atoms. The second-order valence-corrected chi connectivity index (χ2v) is 4.76. The molecule has 0 bridgehead atoms. The van der Waals surface area contributed by atoms with Gasteiger partial charge in [0.05, 0.1) is 10.0 Å². The van der Waals surface area contributed by atoms with Gasteiger partial charge in [0.1, 0.15) is 0 Å². The molecule has 0 aliphatic carbocycles. The highest BCUT2D eigenvalue weighted by Crippen LogP contribution is 2.24. The molecule has 0 fully saturated rings. The second-order valence-electron chi connectivity index (χ2n) is 3.95. The molecule has 1 rings (SSSR count). The molecule has 0 saturated heterocycles. The summed E-state index contributed by atoms with van der Waals surface area (Å²) in [7, 11) is 0. The average Bonchev–Trinajstić information content (AvgIpc) is 2.33. The van der Waals surface area contributed by atoms with Gasteiger partial charge in [0, 0.05) is 18.3 Å². The Balaban J connectivity index is 2.55. The van der Waals surface area contributed by atoms with E-state index in [0.717, 1.165) is 12.8 Å². The number of urea groups is 1. The van der Waals surface area contributed by atoms with Crippen molar-refractivity contribution < 1.29 is 4.79 Å². The molecule has 4 N–H and O–H groups in total. The standard InChI is InChI=1S/C12H17Cl2N3O/c1-2-3-9(7-15)17-12(18)16-8-4-5-10(13)11(14)6-8/h4-6,9H,2-3,7,15H2,1H3,(H2,16,17,18). The fourth-order valence-electron chi connectivity index (χ4n) is 1.52. The van der Waals surface area contributed by atoms with Crippen LogP contribution in [0, 0.1) is 0 Å². The van der Waals surface area contributed by atoms with Gasteiger partial charge in [-0.1, -0.05) is 36.5 Å². The van der Waals surface area contributed by atoms with Crippen molar-refractivity contribution in [3.05, 3.63) is 28.2 Å².